The van der Waals surface area contributed by atoms with Crippen LogP contribution >= 0.6 is 34.5 Å². The monoisotopic (exact) mass is 361 g/mol. The third-order valence-corrected chi connectivity index (χ3v) is 5.00. The average molecular weight is 362 g/mol. The normalized spacial score (nSPS) is 10.5. The van der Waals surface area contributed by atoms with Crippen LogP contribution in [-0.4, -0.2) is 5.91 Å². The van der Waals surface area contributed by atoms with E-state index in [0.717, 1.165) is 16.0 Å². The number of nitrogens with one attached hydrogen (secondary N) is 1. The first kappa shape index (κ1) is 16.1. The minimum absolute atomic E-state index is 0.143. The quantitative estimate of drug-likeness (QED) is 0.615. The molecule has 2 nitrogen and oxygen atoms in total. The standard InChI is InChI=1S/C18H13Cl2NOS/c19-14-7-4-8-15(20)17(14)21-16(22)11-13-9-10-23-18(13)12-5-2-1-3-6-12/h1-10H,11H2,(H,21,22). The Kier molecular flexibility index (Phi) is 5.01. The number of thiophene rings is 1. The summed E-state index contributed by atoms with van der Waals surface area (Å²) in [4.78, 5) is 13.4. The first-order valence-corrected chi connectivity index (χ1v) is 8.64. The lowest BCUT2D eigenvalue weighted by Gasteiger charge is -2.09. The fraction of sp³-hybridized carbons (Fsp3) is 0.0556. The molecule has 0 radical (unpaired) electrons. The maximum absolute atomic E-state index is 12.3. The molecule has 5 heteroatoms. The van der Waals surface area contributed by atoms with Crippen LogP contribution in [0.15, 0.2) is 60.0 Å². The molecule has 0 saturated carbocycles. The Hall–Kier alpha value is -1.81. The highest BCUT2D eigenvalue weighted by molar-refractivity contribution is 7.13. The summed E-state index contributed by atoms with van der Waals surface area (Å²) in [6, 6.07) is 17.1. The van der Waals surface area contributed by atoms with Crippen molar-refractivity contribution in [2.45, 2.75) is 6.42 Å². The molecular formula is C18H13Cl2NOS. The molecule has 0 unspecified atom stereocenters. The zero-order valence-corrected chi connectivity index (χ0v) is 14.4. The lowest BCUT2D eigenvalue weighted by atomic mass is 10.1. The van der Waals surface area contributed by atoms with E-state index in [2.05, 4.69) is 5.32 Å². The van der Waals surface area contributed by atoms with E-state index in [1.165, 1.54) is 0 Å². The number of halogens is 2. The molecule has 0 aliphatic carbocycles. The van der Waals surface area contributed by atoms with E-state index in [9.17, 15) is 4.79 Å². The Morgan fingerprint density at radius 3 is 2.35 bits per heavy atom. The van der Waals surface area contributed by atoms with E-state index in [4.69, 9.17) is 23.2 Å². The third kappa shape index (κ3) is 3.75. The summed E-state index contributed by atoms with van der Waals surface area (Å²) in [7, 11) is 0. The van der Waals surface area contributed by atoms with Gasteiger partial charge in [0.15, 0.2) is 0 Å². The highest BCUT2D eigenvalue weighted by Crippen LogP contribution is 2.32. The number of carbonyl (C=O) groups is 1. The van der Waals surface area contributed by atoms with Crippen LogP contribution in [0.25, 0.3) is 10.4 Å². The smallest absolute Gasteiger partial charge is 0.228 e. The van der Waals surface area contributed by atoms with Crippen molar-refractivity contribution in [3.8, 4) is 10.4 Å². The Bertz CT molecular complexity index is 810. The number of para-hydroxylation sites is 1. The molecule has 0 atom stereocenters. The number of amides is 1. The first-order valence-electron chi connectivity index (χ1n) is 7.01. The summed E-state index contributed by atoms with van der Waals surface area (Å²) in [6.07, 6.45) is 0.273. The van der Waals surface area contributed by atoms with Gasteiger partial charge in [0, 0.05) is 4.88 Å². The number of benzene rings is 2. The summed E-state index contributed by atoms with van der Waals surface area (Å²) in [5, 5.41) is 5.65. The first-order chi connectivity index (χ1) is 11.1. The number of anilines is 1. The predicted octanol–water partition coefficient (Wildman–Crippen LogP) is 5.90. The third-order valence-electron chi connectivity index (χ3n) is 3.36. The highest BCUT2D eigenvalue weighted by atomic mass is 35.5. The van der Waals surface area contributed by atoms with Gasteiger partial charge in [-0.15, -0.1) is 11.3 Å². The molecule has 0 spiro atoms. The van der Waals surface area contributed by atoms with Crippen LogP contribution in [0, 0.1) is 0 Å². The van der Waals surface area contributed by atoms with Gasteiger partial charge in [0.25, 0.3) is 0 Å². The summed E-state index contributed by atoms with van der Waals surface area (Å²) in [5.41, 5.74) is 2.56. The van der Waals surface area contributed by atoms with Gasteiger partial charge < -0.3 is 5.32 Å². The molecule has 3 rings (SSSR count). The van der Waals surface area contributed by atoms with Crippen LogP contribution in [0.4, 0.5) is 5.69 Å². The van der Waals surface area contributed by atoms with Gasteiger partial charge in [-0.05, 0) is 34.7 Å². The molecule has 1 N–H and O–H groups in total. The van der Waals surface area contributed by atoms with Crippen molar-refractivity contribution in [1.29, 1.82) is 0 Å². The molecule has 116 valence electrons. The molecule has 2 aromatic carbocycles. The van der Waals surface area contributed by atoms with Gasteiger partial charge in [-0.2, -0.15) is 0 Å². The minimum atomic E-state index is -0.143. The van der Waals surface area contributed by atoms with Gasteiger partial charge in [0.1, 0.15) is 0 Å². The summed E-state index contributed by atoms with van der Waals surface area (Å²) < 4.78 is 0. The molecule has 3 aromatic rings. The van der Waals surface area contributed by atoms with Crippen LogP contribution in [0.2, 0.25) is 10.0 Å². The fourth-order valence-electron chi connectivity index (χ4n) is 2.29. The topological polar surface area (TPSA) is 29.1 Å². The fourth-order valence-corrected chi connectivity index (χ4v) is 3.72. The summed E-state index contributed by atoms with van der Waals surface area (Å²) in [6.45, 7) is 0. The number of hydrogen-bond donors (Lipinski definition) is 1. The Morgan fingerprint density at radius 1 is 0.957 bits per heavy atom. The summed E-state index contributed by atoms with van der Waals surface area (Å²) >= 11 is 13.8. The molecule has 0 aliphatic heterocycles. The van der Waals surface area contributed by atoms with E-state index in [1.807, 2.05) is 41.8 Å². The lowest BCUT2D eigenvalue weighted by molar-refractivity contribution is -0.115. The molecule has 1 amide bonds. The van der Waals surface area contributed by atoms with Crippen LogP contribution in [0.5, 0.6) is 0 Å². The second-order valence-electron chi connectivity index (χ2n) is 4.96. The highest BCUT2D eigenvalue weighted by Gasteiger charge is 2.13. The van der Waals surface area contributed by atoms with Crippen molar-refractivity contribution in [2.75, 3.05) is 5.32 Å². The summed E-state index contributed by atoms with van der Waals surface area (Å²) in [5.74, 6) is -0.143. The van der Waals surface area contributed by atoms with Crippen LogP contribution in [-0.2, 0) is 11.2 Å². The van der Waals surface area contributed by atoms with Gasteiger partial charge in [-0.1, -0.05) is 59.6 Å². The second-order valence-corrected chi connectivity index (χ2v) is 6.69. The van der Waals surface area contributed by atoms with E-state index >= 15 is 0 Å². The number of rotatable bonds is 4. The van der Waals surface area contributed by atoms with Crippen molar-refractivity contribution in [2.24, 2.45) is 0 Å². The molecule has 0 bridgehead atoms. The van der Waals surface area contributed by atoms with E-state index in [0.29, 0.717) is 15.7 Å². The largest absolute Gasteiger partial charge is 0.323 e. The minimum Gasteiger partial charge on any atom is -0.323 e. The van der Waals surface area contributed by atoms with Gasteiger partial charge in [0.2, 0.25) is 5.91 Å². The van der Waals surface area contributed by atoms with Crippen molar-refractivity contribution in [3.05, 3.63) is 75.6 Å². The molecule has 0 fully saturated rings. The van der Waals surface area contributed by atoms with Gasteiger partial charge >= 0.3 is 0 Å². The average Bonchev–Trinajstić information content (AvgIpc) is 3.00. The number of carbonyl (C=O) groups excluding carboxylic acids is 1. The molecular weight excluding hydrogens is 349 g/mol. The van der Waals surface area contributed by atoms with E-state index in [1.54, 1.807) is 29.5 Å². The second kappa shape index (κ2) is 7.18. The molecule has 23 heavy (non-hydrogen) atoms. The number of hydrogen-bond acceptors (Lipinski definition) is 2. The van der Waals surface area contributed by atoms with E-state index < -0.39 is 0 Å². The Morgan fingerprint density at radius 2 is 1.65 bits per heavy atom. The Labute approximate surface area is 148 Å². The SMILES string of the molecule is O=C(Cc1ccsc1-c1ccccc1)Nc1c(Cl)cccc1Cl. The van der Waals surface area contributed by atoms with Gasteiger partial charge in [0.05, 0.1) is 22.2 Å². The van der Waals surface area contributed by atoms with Crippen molar-refractivity contribution >= 4 is 46.1 Å². The van der Waals surface area contributed by atoms with Crippen molar-refractivity contribution in [1.82, 2.24) is 0 Å². The van der Waals surface area contributed by atoms with Crippen LogP contribution < -0.4 is 5.32 Å². The van der Waals surface area contributed by atoms with Crippen molar-refractivity contribution in [3.63, 3.8) is 0 Å². The van der Waals surface area contributed by atoms with Gasteiger partial charge in [-0.25, -0.2) is 0 Å². The van der Waals surface area contributed by atoms with Crippen LogP contribution in [0.1, 0.15) is 5.56 Å². The molecule has 1 heterocycles. The lowest BCUT2D eigenvalue weighted by Crippen LogP contribution is -2.15. The molecule has 1 aromatic heterocycles. The predicted molar refractivity (Wildman–Crippen MR) is 98.6 cm³/mol. The zero-order valence-electron chi connectivity index (χ0n) is 12.1. The zero-order chi connectivity index (χ0) is 16.2. The maximum Gasteiger partial charge on any atom is 0.228 e. The molecule has 0 saturated heterocycles. The van der Waals surface area contributed by atoms with Gasteiger partial charge in [-0.3, -0.25) is 4.79 Å². The van der Waals surface area contributed by atoms with Crippen molar-refractivity contribution < 1.29 is 4.79 Å². The van der Waals surface area contributed by atoms with E-state index in [-0.39, 0.29) is 12.3 Å². The molecule has 0 aliphatic rings. The Balaban J connectivity index is 1.78. The van der Waals surface area contributed by atoms with Crippen LogP contribution in [0.3, 0.4) is 0 Å². The maximum atomic E-state index is 12.3.